The molecule has 2 aromatic heterocycles. The van der Waals surface area contributed by atoms with Gasteiger partial charge in [-0.05, 0) is 98.4 Å². The summed E-state index contributed by atoms with van der Waals surface area (Å²) in [5, 5.41) is 4.18. The molecule has 34 heavy (non-hydrogen) atoms. The Kier molecular flexibility index (Phi) is 5.94. The summed E-state index contributed by atoms with van der Waals surface area (Å²) < 4.78 is 11.2. The fraction of sp³-hybridized carbons (Fsp3) is 0.185. The van der Waals surface area contributed by atoms with Gasteiger partial charge in [0.2, 0.25) is 0 Å². The van der Waals surface area contributed by atoms with Crippen LogP contribution in [0.5, 0.6) is 17.2 Å². The molecule has 1 aliphatic heterocycles. The van der Waals surface area contributed by atoms with E-state index in [9.17, 15) is 0 Å². The lowest BCUT2D eigenvalue weighted by Gasteiger charge is -2.28. The third kappa shape index (κ3) is 4.22. The van der Waals surface area contributed by atoms with Crippen LogP contribution in [0.1, 0.15) is 34.7 Å². The van der Waals surface area contributed by atoms with E-state index in [4.69, 9.17) is 21.7 Å². The Morgan fingerprint density at radius 3 is 2.18 bits per heavy atom. The minimum absolute atomic E-state index is 0.0410. The monoisotopic (exact) mass is 470 g/mol. The van der Waals surface area contributed by atoms with Crippen LogP contribution in [0.15, 0.2) is 79.0 Å². The Labute approximate surface area is 204 Å². The molecule has 3 heterocycles. The molecule has 2 aromatic carbocycles. The topological polar surface area (TPSA) is 62.4 Å². The first-order valence-electron chi connectivity index (χ1n) is 11.1. The number of hydrogen-bond acceptors (Lipinski definition) is 4. The zero-order valence-electron chi connectivity index (χ0n) is 19.3. The minimum Gasteiger partial charge on any atom is -0.497 e. The Morgan fingerprint density at radius 1 is 0.912 bits per heavy atom. The lowest BCUT2D eigenvalue weighted by Crippen LogP contribution is -2.29. The maximum Gasteiger partial charge on any atom is 0.174 e. The first kappa shape index (κ1) is 22.0. The summed E-state index contributed by atoms with van der Waals surface area (Å²) in [6.07, 6.45) is 1.82. The lowest BCUT2D eigenvalue weighted by molar-refractivity contribution is 0.413. The number of H-pyrrole nitrogens is 1. The standard InChI is InChI=1S/C27H26N4O2S/c1-17-16-23(18(2)29-17)26-25(24-6-4-5-15-28-24)30-27(34)31(26)19-7-9-21(10-8-19)33-22-13-11-20(32-3)12-14-22/h4-16,25-26,29H,1-3H3,(H,30,34)/t25-,26+/m1/s1. The Hall–Kier alpha value is -3.84. The maximum absolute atomic E-state index is 6.01. The van der Waals surface area contributed by atoms with Crippen molar-refractivity contribution in [3.8, 4) is 17.2 Å². The van der Waals surface area contributed by atoms with E-state index in [0.717, 1.165) is 40.0 Å². The zero-order valence-corrected chi connectivity index (χ0v) is 20.1. The number of anilines is 1. The van der Waals surface area contributed by atoms with Gasteiger partial charge in [-0.25, -0.2) is 0 Å². The van der Waals surface area contributed by atoms with Crippen LogP contribution in [-0.2, 0) is 0 Å². The molecule has 0 bridgehead atoms. The molecule has 1 fully saturated rings. The molecule has 2 N–H and O–H groups in total. The van der Waals surface area contributed by atoms with E-state index in [1.807, 2.05) is 72.9 Å². The molecule has 2 atom stereocenters. The first-order valence-corrected chi connectivity index (χ1v) is 11.5. The summed E-state index contributed by atoms with van der Waals surface area (Å²) in [4.78, 5) is 10.2. The van der Waals surface area contributed by atoms with E-state index in [1.54, 1.807) is 7.11 Å². The van der Waals surface area contributed by atoms with Gasteiger partial charge in [0.05, 0.1) is 24.9 Å². The van der Waals surface area contributed by atoms with Crippen molar-refractivity contribution in [3.63, 3.8) is 0 Å². The van der Waals surface area contributed by atoms with Gasteiger partial charge in [-0.2, -0.15) is 0 Å². The molecule has 0 unspecified atom stereocenters. The molecule has 172 valence electrons. The number of aromatic nitrogens is 2. The van der Waals surface area contributed by atoms with Crippen LogP contribution < -0.4 is 19.7 Å². The van der Waals surface area contributed by atoms with Crippen molar-refractivity contribution in [3.05, 3.63) is 102 Å². The SMILES string of the molecule is COc1ccc(Oc2ccc(N3C(=S)N[C@H](c4ccccn4)[C@@H]3c3cc(C)[nH]c3C)cc2)cc1. The molecule has 0 aliphatic carbocycles. The van der Waals surface area contributed by atoms with Gasteiger partial charge in [-0.3, -0.25) is 4.98 Å². The Balaban J connectivity index is 1.46. The highest BCUT2D eigenvalue weighted by molar-refractivity contribution is 7.80. The number of hydrogen-bond donors (Lipinski definition) is 2. The van der Waals surface area contributed by atoms with E-state index < -0.39 is 0 Å². The number of aromatic amines is 1. The number of thiocarbonyl (C=S) groups is 1. The highest BCUT2D eigenvalue weighted by Crippen LogP contribution is 2.43. The number of benzene rings is 2. The fourth-order valence-electron chi connectivity index (χ4n) is 4.46. The van der Waals surface area contributed by atoms with Gasteiger partial charge in [0.15, 0.2) is 5.11 Å². The van der Waals surface area contributed by atoms with Gasteiger partial charge in [0, 0.05) is 23.3 Å². The summed E-state index contributed by atoms with van der Waals surface area (Å²) in [5.74, 6) is 2.29. The summed E-state index contributed by atoms with van der Waals surface area (Å²) >= 11 is 5.82. The summed E-state index contributed by atoms with van der Waals surface area (Å²) in [7, 11) is 1.65. The third-order valence-corrected chi connectivity index (χ3v) is 6.33. The van der Waals surface area contributed by atoms with Gasteiger partial charge in [-0.1, -0.05) is 6.07 Å². The lowest BCUT2D eigenvalue weighted by atomic mass is 9.96. The van der Waals surface area contributed by atoms with Crippen molar-refractivity contribution >= 4 is 23.0 Å². The van der Waals surface area contributed by atoms with Crippen molar-refractivity contribution in [2.75, 3.05) is 12.0 Å². The number of aryl methyl sites for hydroxylation is 2. The van der Waals surface area contributed by atoms with Crippen LogP contribution in [-0.4, -0.2) is 22.2 Å². The van der Waals surface area contributed by atoms with Gasteiger partial charge in [0.1, 0.15) is 17.2 Å². The average molecular weight is 471 g/mol. The van der Waals surface area contributed by atoms with Crippen LogP contribution in [0.3, 0.4) is 0 Å². The third-order valence-electron chi connectivity index (χ3n) is 6.02. The summed E-state index contributed by atoms with van der Waals surface area (Å²) in [5.41, 5.74) is 5.38. The number of nitrogens with one attached hydrogen (secondary N) is 2. The van der Waals surface area contributed by atoms with Crippen molar-refractivity contribution < 1.29 is 9.47 Å². The molecule has 1 saturated heterocycles. The van der Waals surface area contributed by atoms with E-state index >= 15 is 0 Å². The van der Waals surface area contributed by atoms with Crippen LogP contribution >= 0.6 is 12.2 Å². The second-order valence-electron chi connectivity index (χ2n) is 8.30. The molecule has 0 saturated carbocycles. The van der Waals surface area contributed by atoms with Crippen LogP contribution in [0.25, 0.3) is 0 Å². The summed E-state index contributed by atoms with van der Waals surface area (Å²) in [6, 6.07) is 23.6. The Morgan fingerprint density at radius 2 is 1.59 bits per heavy atom. The largest absolute Gasteiger partial charge is 0.497 e. The number of pyridine rings is 1. The van der Waals surface area contributed by atoms with Crippen molar-refractivity contribution in [2.24, 2.45) is 0 Å². The maximum atomic E-state index is 6.01. The molecule has 6 nitrogen and oxygen atoms in total. The molecular weight excluding hydrogens is 444 g/mol. The smallest absolute Gasteiger partial charge is 0.174 e. The van der Waals surface area contributed by atoms with Gasteiger partial charge in [0.25, 0.3) is 0 Å². The second-order valence-corrected chi connectivity index (χ2v) is 8.69. The van der Waals surface area contributed by atoms with Crippen molar-refractivity contribution in [1.82, 2.24) is 15.3 Å². The molecule has 5 rings (SSSR count). The van der Waals surface area contributed by atoms with E-state index in [-0.39, 0.29) is 12.1 Å². The number of nitrogens with zero attached hydrogens (tertiary/aromatic N) is 2. The van der Waals surface area contributed by atoms with Crippen LogP contribution in [0.4, 0.5) is 5.69 Å². The predicted octanol–water partition coefficient (Wildman–Crippen LogP) is 6.00. The quantitative estimate of drug-likeness (QED) is 0.337. The van der Waals surface area contributed by atoms with E-state index in [1.165, 1.54) is 5.56 Å². The normalized spacial score (nSPS) is 17.5. The molecule has 0 spiro atoms. The highest BCUT2D eigenvalue weighted by Gasteiger charge is 2.41. The molecule has 0 amide bonds. The van der Waals surface area contributed by atoms with Gasteiger partial charge >= 0.3 is 0 Å². The van der Waals surface area contributed by atoms with Crippen LogP contribution in [0.2, 0.25) is 0 Å². The molecule has 1 aliphatic rings. The van der Waals surface area contributed by atoms with Crippen molar-refractivity contribution in [2.45, 2.75) is 25.9 Å². The fourth-order valence-corrected chi connectivity index (χ4v) is 4.80. The number of rotatable bonds is 6. The van der Waals surface area contributed by atoms with Gasteiger partial charge in [-0.15, -0.1) is 0 Å². The van der Waals surface area contributed by atoms with E-state index in [0.29, 0.717) is 5.11 Å². The van der Waals surface area contributed by atoms with Crippen LogP contribution in [0, 0.1) is 13.8 Å². The molecule has 7 heteroatoms. The highest BCUT2D eigenvalue weighted by atomic mass is 32.1. The predicted molar refractivity (Wildman–Crippen MR) is 138 cm³/mol. The molecule has 4 aromatic rings. The first-order chi connectivity index (χ1) is 16.5. The summed E-state index contributed by atoms with van der Waals surface area (Å²) in [6.45, 7) is 4.17. The molecule has 0 radical (unpaired) electrons. The Bertz CT molecular complexity index is 1290. The zero-order chi connectivity index (χ0) is 23.7. The average Bonchev–Trinajstić information content (AvgIpc) is 3.38. The van der Waals surface area contributed by atoms with Gasteiger partial charge < -0.3 is 24.7 Å². The number of ether oxygens (including phenoxy) is 2. The van der Waals surface area contributed by atoms with E-state index in [2.05, 4.69) is 40.1 Å². The second kappa shape index (κ2) is 9.19. The molecular formula is C27H26N4O2S. The minimum atomic E-state index is -0.0715. The number of methoxy groups -OCH3 is 1. The van der Waals surface area contributed by atoms with Crippen molar-refractivity contribution in [1.29, 1.82) is 0 Å².